The minimum Gasteiger partial charge on any atom is -0.388 e. The molecular weight excluding hydrogens is 268 g/mol. The van der Waals surface area contributed by atoms with E-state index in [1.165, 1.54) is 18.4 Å². The zero-order valence-corrected chi connectivity index (χ0v) is 12.4. The third-order valence-corrected chi connectivity index (χ3v) is 4.32. The number of aliphatic hydroxyl groups excluding tert-OH is 1. The Morgan fingerprint density at radius 1 is 1.20 bits per heavy atom. The molecule has 0 heterocycles. The molecule has 1 nitrogen and oxygen atoms in total. The summed E-state index contributed by atoms with van der Waals surface area (Å²) >= 11 is 6.24. The minimum absolute atomic E-state index is 0.492. The SMILES string of the molecule is Cc1ccc(CC(O)c2cccc(C3CC3)c2)c(Cl)c1. The predicted molar refractivity (Wildman–Crippen MR) is 83.3 cm³/mol. The first kappa shape index (κ1) is 13.7. The van der Waals surface area contributed by atoms with Gasteiger partial charge in [0.15, 0.2) is 0 Å². The van der Waals surface area contributed by atoms with E-state index < -0.39 is 6.10 Å². The molecule has 1 aliphatic carbocycles. The average molecular weight is 287 g/mol. The lowest BCUT2D eigenvalue weighted by Gasteiger charge is -2.14. The second-order valence-electron chi connectivity index (χ2n) is 5.76. The standard InChI is InChI=1S/C18H19ClO/c1-12-5-6-15(17(19)9-12)11-18(20)16-4-2-3-14(10-16)13-7-8-13/h2-6,9-10,13,18,20H,7-8,11H2,1H3. The normalized spacial score (nSPS) is 16.1. The third-order valence-electron chi connectivity index (χ3n) is 3.97. The lowest BCUT2D eigenvalue weighted by Crippen LogP contribution is -2.03. The van der Waals surface area contributed by atoms with Crippen LogP contribution in [-0.4, -0.2) is 5.11 Å². The van der Waals surface area contributed by atoms with Gasteiger partial charge in [0.1, 0.15) is 0 Å². The van der Waals surface area contributed by atoms with Gasteiger partial charge in [-0.3, -0.25) is 0 Å². The number of hydrogen-bond donors (Lipinski definition) is 1. The molecule has 0 spiro atoms. The van der Waals surface area contributed by atoms with Crippen molar-refractivity contribution in [3.63, 3.8) is 0 Å². The van der Waals surface area contributed by atoms with Gasteiger partial charge in [0.2, 0.25) is 0 Å². The number of aliphatic hydroxyl groups is 1. The molecule has 0 amide bonds. The molecule has 2 aromatic rings. The minimum atomic E-state index is -0.492. The van der Waals surface area contributed by atoms with Crippen molar-refractivity contribution in [3.05, 3.63) is 69.7 Å². The van der Waals surface area contributed by atoms with Crippen molar-refractivity contribution in [3.8, 4) is 0 Å². The largest absolute Gasteiger partial charge is 0.388 e. The molecule has 20 heavy (non-hydrogen) atoms. The molecule has 2 heteroatoms. The predicted octanol–water partition coefficient (Wildman–Crippen LogP) is 4.80. The van der Waals surface area contributed by atoms with Crippen molar-refractivity contribution < 1.29 is 5.11 Å². The maximum absolute atomic E-state index is 10.4. The molecule has 0 bridgehead atoms. The first-order chi connectivity index (χ1) is 9.63. The van der Waals surface area contributed by atoms with Crippen LogP contribution in [0.5, 0.6) is 0 Å². The van der Waals surface area contributed by atoms with Gasteiger partial charge in [-0.2, -0.15) is 0 Å². The van der Waals surface area contributed by atoms with Gasteiger partial charge in [0.25, 0.3) is 0 Å². The van der Waals surface area contributed by atoms with Crippen LogP contribution in [0, 0.1) is 6.92 Å². The van der Waals surface area contributed by atoms with E-state index in [0.29, 0.717) is 12.3 Å². The molecule has 3 rings (SSSR count). The van der Waals surface area contributed by atoms with E-state index in [-0.39, 0.29) is 0 Å². The van der Waals surface area contributed by atoms with E-state index in [1.807, 2.05) is 37.3 Å². The highest BCUT2D eigenvalue weighted by atomic mass is 35.5. The summed E-state index contributed by atoms with van der Waals surface area (Å²) in [4.78, 5) is 0. The van der Waals surface area contributed by atoms with Gasteiger partial charge < -0.3 is 5.11 Å². The molecular formula is C18H19ClO. The highest BCUT2D eigenvalue weighted by Crippen LogP contribution is 2.40. The summed E-state index contributed by atoms with van der Waals surface area (Å²) in [6.07, 6.45) is 2.63. The fraction of sp³-hybridized carbons (Fsp3) is 0.333. The van der Waals surface area contributed by atoms with Crippen LogP contribution in [0.1, 0.15) is 47.1 Å². The Kier molecular flexibility index (Phi) is 3.82. The fourth-order valence-corrected chi connectivity index (χ4v) is 2.89. The molecule has 0 radical (unpaired) electrons. The summed E-state index contributed by atoms with van der Waals surface area (Å²) in [5.41, 5.74) is 4.49. The Balaban J connectivity index is 1.78. The number of benzene rings is 2. The van der Waals surface area contributed by atoms with Crippen molar-refractivity contribution in [1.29, 1.82) is 0 Å². The molecule has 1 fully saturated rings. The average Bonchev–Trinajstić information content (AvgIpc) is 3.26. The van der Waals surface area contributed by atoms with Crippen LogP contribution in [0.25, 0.3) is 0 Å². The van der Waals surface area contributed by atoms with Crippen LogP contribution >= 0.6 is 11.6 Å². The lowest BCUT2D eigenvalue weighted by atomic mass is 9.98. The zero-order valence-electron chi connectivity index (χ0n) is 11.6. The van der Waals surface area contributed by atoms with E-state index in [4.69, 9.17) is 11.6 Å². The molecule has 2 aromatic carbocycles. The van der Waals surface area contributed by atoms with Crippen LogP contribution in [0.3, 0.4) is 0 Å². The van der Waals surface area contributed by atoms with Gasteiger partial charge >= 0.3 is 0 Å². The summed E-state index contributed by atoms with van der Waals surface area (Å²) in [5, 5.41) is 11.2. The van der Waals surface area contributed by atoms with E-state index in [1.54, 1.807) is 0 Å². The molecule has 0 saturated heterocycles. The van der Waals surface area contributed by atoms with E-state index in [2.05, 4.69) is 12.1 Å². The summed E-state index contributed by atoms with van der Waals surface area (Å²) in [6, 6.07) is 14.3. The van der Waals surface area contributed by atoms with Gasteiger partial charge in [-0.25, -0.2) is 0 Å². The number of halogens is 1. The van der Waals surface area contributed by atoms with Crippen molar-refractivity contribution in [1.82, 2.24) is 0 Å². The van der Waals surface area contributed by atoms with Crippen LogP contribution < -0.4 is 0 Å². The van der Waals surface area contributed by atoms with Crippen LogP contribution in [0.4, 0.5) is 0 Å². The van der Waals surface area contributed by atoms with Crippen LogP contribution in [0.2, 0.25) is 5.02 Å². The topological polar surface area (TPSA) is 20.2 Å². The van der Waals surface area contributed by atoms with E-state index >= 15 is 0 Å². The van der Waals surface area contributed by atoms with E-state index in [9.17, 15) is 5.11 Å². The van der Waals surface area contributed by atoms with Crippen LogP contribution in [0.15, 0.2) is 42.5 Å². The maximum atomic E-state index is 10.4. The Hall–Kier alpha value is -1.31. The molecule has 1 N–H and O–H groups in total. The first-order valence-electron chi connectivity index (χ1n) is 7.16. The van der Waals surface area contributed by atoms with Crippen molar-refractivity contribution in [2.24, 2.45) is 0 Å². The van der Waals surface area contributed by atoms with Gasteiger partial charge in [-0.15, -0.1) is 0 Å². The fourth-order valence-electron chi connectivity index (χ4n) is 2.58. The molecule has 0 aromatic heterocycles. The smallest absolute Gasteiger partial charge is 0.0831 e. The van der Waals surface area contributed by atoms with Gasteiger partial charge in [-0.05, 0) is 54.0 Å². The van der Waals surface area contributed by atoms with Crippen molar-refractivity contribution >= 4 is 11.6 Å². The highest BCUT2D eigenvalue weighted by Gasteiger charge is 2.24. The molecule has 1 saturated carbocycles. The molecule has 1 unspecified atom stereocenters. The Morgan fingerprint density at radius 3 is 2.70 bits per heavy atom. The van der Waals surface area contributed by atoms with Gasteiger partial charge in [0, 0.05) is 11.4 Å². The number of rotatable bonds is 4. The van der Waals surface area contributed by atoms with Gasteiger partial charge in [-0.1, -0.05) is 48.0 Å². The van der Waals surface area contributed by atoms with Crippen molar-refractivity contribution in [2.45, 2.75) is 38.2 Å². The number of aryl methyl sites for hydroxylation is 1. The second-order valence-corrected chi connectivity index (χ2v) is 6.17. The number of hydrogen-bond acceptors (Lipinski definition) is 1. The lowest BCUT2D eigenvalue weighted by molar-refractivity contribution is 0.178. The molecule has 104 valence electrons. The first-order valence-corrected chi connectivity index (χ1v) is 7.54. The van der Waals surface area contributed by atoms with Crippen LogP contribution in [-0.2, 0) is 6.42 Å². The van der Waals surface area contributed by atoms with Gasteiger partial charge in [0.05, 0.1) is 6.10 Å². The Labute approximate surface area is 125 Å². The Morgan fingerprint density at radius 2 is 2.00 bits per heavy atom. The second kappa shape index (κ2) is 5.59. The molecule has 1 atom stereocenters. The summed E-state index contributed by atoms with van der Waals surface area (Å²) in [7, 11) is 0. The summed E-state index contributed by atoms with van der Waals surface area (Å²) in [6.45, 7) is 2.02. The molecule has 0 aliphatic heterocycles. The highest BCUT2D eigenvalue weighted by molar-refractivity contribution is 6.31. The van der Waals surface area contributed by atoms with Crippen molar-refractivity contribution in [2.75, 3.05) is 0 Å². The van der Waals surface area contributed by atoms with E-state index in [0.717, 1.165) is 21.7 Å². The third kappa shape index (κ3) is 3.05. The Bertz CT molecular complexity index is 617. The maximum Gasteiger partial charge on any atom is 0.0831 e. The molecule has 1 aliphatic rings. The summed E-state index contributed by atoms with van der Waals surface area (Å²) < 4.78 is 0. The monoisotopic (exact) mass is 286 g/mol. The quantitative estimate of drug-likeness (QED) is 0.856. The zero-order chi connectivity index (χ0) is 14.1. The summed E-state index contributed by atoms with van der Waals surface area (Å²) in [5.74, 6) is 0.713.